The maximum atomic E-state index is 12.2. The predicted octanol–water partition coefficient (Wildman–Crippen LogP) is 4.72. The number of carbonyl (C=O) groups is 2. The second kappa shape index (κ2) is 7.82. The van der Waals surface area contributed by atoms with E-state index in [-0.39, 0.29) is 27.6 Å². The van der Waals surface area contributed by atoms with Crippen LogP contribution in [0.25, 0.3) is 11.3 Å². The second-order valence-corrected chi connectivity index (χ2v) is 6.87. The van der Waals surface area contributed by atoms with Crippen molar-refractivity contribution >= 4 is 57.2 Å². The quantitative estimate of drug-likeness (QED) is 0.613. The molecule has 2 aromatic heterocycles. The van der Waals surface area contributed by atoms with Gasteiger partial charge in [-0.05, 0) is 18.2 Å². The molecule has 0 unspecified atom stereocenters. The van der Waals surface area contributed by atoms with E-state index in [9.17, 15) is 9.59 Å². The smallest absolute Gasteiger partial charge is 0.259 e. The van der Waals surface area contributed by atoms with Crippen LogP contribution in [0.4, 0.5) is 10.8 Å². The Morgan fingerprint density at radius 2 is 1.85 bits per heavy atom. The summed E-state index contributed by atoms with van der Waals surface area (Å²) < 4.78 is 0. The molecular weight excluding hydrogens is 395 g/mol. The molecule has 1 aromatic carbocycles. The number of hydrogen-bond acceptors (Lipinski definition) is 5. The number of rotatable bonds is 4. The molecule has 2 amide bonds. The number of nitrogens with one attached hydrogen (secondary N) is 2. The van der Waals surface area contributed by atoms with Gasteiger partial charge in [0.05, 0.1) is 16.3 Å². The molecule has 0 saturated heterocycles. The largest absolute Gasteiger partial charge is 0.326 e. The van der Waals surface area contributed by atoms with Gasteiger partial charge in [0.15, 0.2) is 5.13 Å². The number of aromatic nitrogens is 2. The SMILES string of the molecule is CC(=O)Nc1ccc(-c2csc(NC(=O)c3cnc(Cl)c(Cl)c3)n2)cc1. The molecule has 3 rings (SSSR count). The van der Waals surface area contributed by atoms with Gasteiger partial charge in [0.25, 0.3) is 5.91 Å². The van der Waals surface area contributed by atoms with Gasteiger partial charge in [-0.2, -0.15) is 0 Å². The normalized spacial score (nSPS) is 10.4. The van der Waals surface area contributed by atoms with Crippen molar-refractivity contribution in [1.82, 2.24) is 9.97 Å². The third-order valence-corrected chi connectivity index (χ3v) is 4.73. The Kier molecular flexibility index (Phi) is 5.51. The van der Waals surface area contributed by atoms with Crippen LogP contribution in [0.2, 0.25) is 10.2 Å². The summed E-state index contributed by atoms with van der Waals surface area (Å²) in [5, 5.41) is 8.03. The molecule has 0 aliphatic heterocycles. The first-order valence-corrected chi connectivity index (χ1v) is 9.02. The van der Waals surface area contributed by atoms with Gasteiger partial charge in [-0.1, -0.05) is 35.3 Å². The van der Waals surface area contributed by atoms with Crippen LogP contribution in [0, 0.1) is 0 Å². The number of amides is 2. The van der Waals surface area contributed by atoms with Gasteiger partial charge in [-0.25, -0.2) is 9.97 Å². The van der Waals surface area contributed by atoms with Crippen molar-refractivity contribution in [3.63, 3.8) is 0 Å². The van der Waals surface area contributed by atoms with E-state index in [0.717, 1.165) is 5.56 Å². The van der Waals surface area contributed by atoms with Crippen LogP contribution in [-0.4, -0.2) is 21.8 Å². The van der Waals surface area contributed by atoms with Crippen molar-refractivity contribution in [2.45, 2.75) is 6.92 Å². The molecule has 9 heteroatoms. The van der Waals surface area contributed by atoms with Gasteiger partial charge in [0.1, 0.15) is 5.15 Å². The minimum Gasteiger partial charge on any atom is -0.326 e. The molecule has 2 N–H and O–H groups in total. The van der Waals surface area contributed by atoms with Crippen LogP contribution in [0.1, 0.15) is 17.3 Å². The fourth-order valence-electron chi connectivity index (χ4n) is 2.11. The zero-order valence-electron chi connectivity index (χ0n) is 13.4. The highest BCUT2D eigenvalue weighted by molar-refractivity contribution is 7.14. The molecule has 0 aliphatic carbocycles. The summed E-state index contributed by atoms with van der Waals surface area (Å²) in [6.45, 7) is 1.45. The summed E-state index contributed by atoms with van der Waals surface area (Å²) in [5.74, 6) is -0.508. The van der Waals surface area contributed by atoms with Gasteiger partial charge in [0, 0.05) is 29.8 Å². The molecule has 0 saturated carbocycles. The molecular formula is C17H12Cl2N4O2S. The average molecular weight is 407 g/mol. The predicted molar refractivity (Wildman–Crippen MR) is 104 cm³/mol. The standard InChI is InChI=1S/C17H12Cl2N4O2S/c1-9(24)21-12-4-2-10(3-5-12)14-8-26-17(22-14)23-16(25)11-6-13(18)15(19)20-7-11/h2-8H,1H3,(H,21,24)(H,22,23,25). The highest BCUT2D eigenvalue weighted by Gasteiger charge is 2.12. The molecule has 2 heterocycles. The fraction of sp³-hybridized carbons (Fsp3) is 0.0588. The van der Waals surface area contributed by atoms with Crippen molar-refractivity contribution in [1.29, 1.82) is 0 Å². The lowest BCUT2D eigenvalue weighted by molar-refractivity contribution is -0.114. The van der Waals surface area contributed by atoms with E-state index in [1.807, 2.05) is 17.5 Å². The zero-order valence-corrected chi connectivity index (χ0v) is 15.7. The van der Waals surface area contributed by atoms with Crippen molar-refractivity contribution in [2.24, 2.45) is 0 Å². The van der Waals surface area contributed by atoms with E-state index in [1.54, 1.807) is 12.1 Å². The molecule has 0 radical (unpaired) electrons. The lowest BCUT2D eigenvalue weighted by atomic mass is 10.1. The highest BCUT2D eigenvalue weighted by atomic mass is 35.5. The zero-order chi connectivity index (χ0) is 18.7. The Morgan fingerprint density at radius 1 is 1.12 bits per heavy atom. The maximum Gasteiger partial charge on any atom is 0.259 e. The molecule has 132 valence electrons. The van der Waals surface area contributed by atoms with Crippen LogP contribution in [0.3, 0.4) is 0 Å². The van der Waals surface area contributed by atoms with Gasteiger partial charge in [0.2, 0.25) is 5.91 Å². The Hall–Kier alpha value is -2.48. The summed E-state index contributed by atoms with van der Waals surface area (Å²) in [5.41, 5.74) is 2.58. The Labute approximate surface area is 163 Å². The first-order valence-electron chi connectivity index (χ1n) is 7.38. The Morgan fingerprint density at radius 3 is 2.50 bits per heavy atom. The van der Waals surface area contributed by atoms with E-state index in [1.165, 1.54) is 30.5 Å². The van der Waals surface area contributed by atoms with Crippen LogP contribution < -0.4 is 10.6 Å². The number of pyridine rings is 1. The molecule has 6 nitrogen and oxygen atoms in total. The van der Waals surface area contributed by atoms with Crippen molar-refractivity contribution in [3.05, 3.63) is 57.6 Å². The Balaban J connectivity index is 1.72. The number of hydrogen-bond donors (Lipinski definition) is 2. The van der Waals surface area contributed by atoms with Gasteiger partial charge >= 0.3 is 0 Å². The van der Waals surface area contributed by atoms with Crippen LogP contribution >= 0.6 is 34.5 Å². The summed E-state index contributed by atoms with van der Waals surface area (Å²) in [4.78, 5) is 31.5. The minimum atomic E-state index is -0.377. The van der Waals surface area contributed by atoms with E-state index in [2.05, 4.69) is 20.6 Å². The molecule has 26 heavy (non-hydrogen) atoms. The monoisotopic (exact) mass is 406 g/mol. The highest BCUT2D eigenvalue weighted by Crippen LogP contribution is 2.27. The minimum absolute atomic E-state index is 0.131. The second-order valence-electron chi connectivity index (χ2n) is 5.25. The molecule has 0 aliphatic rings. The van der Waals surface area contributed by atoms with Crippen LogP contribution in [-0.2, 0) is 4.79 Å². The first kappa shape index (κ1) is 18.3. The van der Waals surface area contributed by atoms with Crippen molar-refractivity contribution < 1.29 is 9.59 Å². The maximum absolute atomic E-state index is 12.2. The van der Waals surface area contributed by atoms with E-state index in [4.69, 9.17) is 23.2 Å². The fourth-order valence-corrected chi connectivity index (χ4v) is 3.09. The number of thiazole rings is 1. The number of halogens is 2. The molecule has 3 aromatic rings. The van der Waals surface area contributed by atoms with Gasteiger partial charge in [-0.3, -0.25) is 14.9 Å². The first-order chi connectivity index (χ1) is 12.4. The summed E-state index contributed by atoms with van der Waals surface area (Å²) in [7, 11) is 0. The van der Waals surface area contributed by atoms with E-state index < -0.39 is 0 Å². The van der Waals surface area contributed by atoms with Gasteiger partial charge < -0.3 is 5.32 Å². The lowest BCUT2D eigenvalue weighted by Gasteiger charge is -2.03. The number of nitrogens with zero attached hydrogens (tertiary/aromatic N) is 2. The van der Waals surface area contributed by atoms with Crippen LogP contribution in [0.15, 0.2) is 41.9 Å². The van der Waals surface area contributed by atoms with Crippen LogP contribution in [0.5, 0.6) is 0 Å². The topological polar surface area (TPSA) is 84.0 Å². The summed E-state index contributed by atoms with van der Waals surface area (Å²) in [6, 6.07) is 8.70. The number of benzene rings is 1. The third kappa shape index (κ3) is 4.37. The average Bonchev–Trinajstić information content (AvgIpc) is 3.06. The third-order valence-electron chi connectivity index (χ3n) is 3.28. The van der Waals surface area contributed by atoms with Crippen molar-refractivity contribution in [2.75, 3.05) is 10.6 Å². The van der Waals surface area contributed by atoms with Crippen molar-refractivity contribution in [3.8, 4) is 11.3 Å². The summed E-state index contributed by atoms with van der Waals surface area (Å²) >= 11 is 12.9. The van der Waals surface area contributed by atoms with E-state index in [0.29, 0.717) is 16.5 Å². The molecule has 0 atom stereocenters. The number of anilines is 2. The molecule has 0 spiro atoms. The van der Waals surface area contributed by atoms with E-state index >= 15 is 0 Å². The molecule has 0 fully saturated rings. The lowest BCUT2D eigenvalue weighted by Crippen LogP contribution is -2.12. The van der Waals surface area contributed by atoms with Gasteiger partial charge in [-0.15, -0.1) is 11.3 Å². The number of carbonyl (C=O) groups excluding carboxylic acids is 2. The Bertz CT molecular complexity index is 973. The summed E-state index contributed by atoms with van der Waals surface area (Å²) in [6.07, 6.45) is 1.35. The molecule has 0 bridgehead atoms.